The van der Waals surface area contributed by atoms with E-state index in [9.17, 15) is 5.11 Å². The van der Waals surface area contributed by atoms with Crippen molar-refractivity contribution in [2.75, 3.05) is 6.54 Å². The van der Waals surface area contributed by atoms with Gasteiger partial charge in [0.1, 0.15) is 5.60 Å². The standard InChI is InChI=1S/C16H25NO/c1-11(2)16(18,10-17-15-7-8-15)14-6-5-12(3)13(4)9-14/h5-6,9,11,15,17-18H,7-8,10H2,1-4H3. The summed E-state index contributed by atoms with van der Waals surface area (Å²) in [7, 11) is 0. The van der Waals surface area contributed by atoms with E-state index in [2.05, 4.69) is 51.2 Å². The normalized spacial score (nSPS) is 19.0. The molecular weight excluding hydrogens is 222 g/mol. The van der Waals surface area contributed by atoms with Crippen LogP contribution in [0.2, 0.25) is 0 Å². The predicted octanol–water partition coefficient (Wildman–Crippen LogP) is 2.90. The van der Waals surface area contributed by atoms with Crippen molar-refractivity contribution in [3.05, 3.63) is 34.9 Å². The quantitative estimate of drug-likeness (QED) is 0.838. The number of hydrogen-bond donors (Lipinski definition) is 2. The lowest BCUT2D eigenvalue weighted by atomic mass is 9.82. The van der Waals surface area contributed by atoms with Gasteiger partial charge in [0.05, 0.1) is 0 Å². The van der Waals surface area contributed by atoms with Gasteiger partial charge in [0.25, 0.3) is 0 Å². The number of hydrogen-bond acceptors (Lipinski definition) is 2. The van der Waals surface area contributed by atoms with E-state index < -0.39 is 5.60 Å². The highest BCUT2D eigenvalue weighted by Crippen LogP contribution is 2.31. The Hall–Kier alpha value is -0.860. The van der Waals surface area contributed by atoms with Crippen LogP contribution in [0.3, 0.4) is 0 Å². The van der Waals surface area contributed by atoms with Crippen molar-refractivity contribution in [1.29, 1.82) is 0 Å². The Morgan fingerprint density at radius 3 is 2.44 bits per heavy atom. The summed E-state index contributed by atoms with van der Waals surface area (Å²) < 4.78 is 0. The van der Waals surface area contributed by atoms with Gasteiger partial charge in [-0.25, -0.2) is 0 Å². The third-order valence-corrected chi connectivity index (χ3v) is 4.20. The predicted molar refractivity (Wildman–Crippen MR) is 75.7 cm³/mol. The highest BCUT2D eigenvalue weighted by atomic mass is 16.3. The second kappa shape index (κ2) is 5.02. The number of rotatable bonds is 5. The first-order chi connectivity index (χ1) is 8.43. The molecule has 1 atom stereocenters. The van der Waals surface area contributed by atoms with Crippen LogP contribution < -0.4 is 5.32 Å². The fourth-order valence-electron chi connectivity index (χ4n) is 2.24. The van der Waals surface area contributed by atoms with Crippen molar-refractivity contribution in [2.45, 2.75) is 52.2 Å². The van der Waals surface area contributed by atoms with E-state index in [0.717, 1.165) is 5.56 Å². The molecule has 1 aromatic carbocycles. The summed E-state index contributed by atoms with van der Waals surface area (Å²) in [6.45, 7) is 9.04. The minimum absolute atomic E-state index is 0.200. The van der Waals surface area contributed by atoms with Crippen molar-refractivity contribution in [1.82, 2.24) is 5.32 Å². The Morgan fingerprint density at radius 2 is 1.94 bits per heavy atom. The van der Waals surface area contributed by atoms with Gasteiger partial charge in [-0.05, 0) is 49.3 Å². The average Bonchev–Trinajstić information content (AvgIpc) is 3.13. The van der Waals surface area contributed by atoms with Gasteiger partial charge in [0.2, 0.25) is 0 Å². The van der Waals surface area contributed by atoms with Gasteiger partial charge < -0.3 is 10.4 Å². The molecule has 0 heterocycles. The topological polar surface area (TPSA) is 32.3 Å². The molecule has 1 saturated carbocycles. The molecule has 2 heteroatoms. The zero-order valence-corrected chi connectivity index (χ0v) is 12.0. The fraction of sp³-hybridized carbons (Fsp3) is 0.625. The summed E-state index contributed by atoms with van der Waals surface area (Å²) in [5, 5.41) is 14.5. The molecule has 0 bridgehead atoms. The van der Waals surface area contributed by atoms with Gasteiger partial charge in [-0.1, -0.05) is 32.0 Å². The van der Waals surface area contributed by atoms with E-state index >= 15 is 0 Å². The summed E-state index contributed by atoms with van der Waals surface area (Å²) in [6.07, 6.45) is 2.50. The summed E-state index contributed by atoms with van der Waals surface area (Å²) in [6, 6.07) is 6.93. The maximum atomic E-state index is 11.0. The Labute approximate surface area is 110 Å². The Kier molecular flexibility index (Phi) is 3.79. The van der Waals surface area contributed by atoms with Crippen LogP contribution in [0, 0.1) is 19.8 Å². The molecule has 1 unspecified atom stereocenters. The summed E-state index contributed by atoms with van der Waals surface area (Å²) in [5.74, 6) is 0.200. The maximum absolute atomic E-state index is 11.0. The molecule has 0 spiro atoms. The van der Waals surface area contributed by atoms with Crippen LogP contribution in [-0.4, -0.2) is 17.7 Å². The van der Waals surface area contributed by atoms with Crippen LogP contribution in [-0.2, 0) is 5.60 Å². The fourth-order valence-corrected chi connectivity index (χ4v) is 2.24. The lowest BCUT2D eigenvalue weighted by Gasteiger charge is -2.33. The molecule has 0 radical (unpaired) electrons. The Balaban J connectivity index is 2.23. The van der Waals surface area contributed by atoms with E-state index in [-0.39, 0.29) is 5.92 Å². The monoisotopic (exact) mass is 247 g/mol. The molecule has 0 amide bonds. The number of aryl methyl sites for hydroxylation is 2. The summed E-state index contributed by atoms with van der Waals surface area (Å²) in [4.78, 5) is 0. The lowest BCUT2D eigenvalue weighted by molar-refractivity contribution is -0.00959. The van der Waals surface area contributed by atoms with Gasteiger partial charge in [-0.15, -0.1) is 0 Å². The first-order valence-corrected chi connectivity index (χ1v) is 6.97. The van der Waals surface area contributed by atoms with E-state index in [0.29, 0.717) is 12.6 Å². The second-order valence-corrected chi connectivity index (χ2v) is 6.03. The van der Waals surface area contributed by atoms with Crippen LogP contribution in [0.5, 0.6) is 0 Å². The Bertz CT molecular complexity index is 423. The highest BCUT2D eigenvalue weighted by molar-refractivity contribution is 5.34. The van der Waals surface area contributed by atoms with Gasteiger partial charge in [-0.2, -0.15) is 0 Å². The number of aliphatic hydroxyl groups is 1. The molecular formula is C16H25NO. The number of benzene rings is 1. The Morgan fingerprint density at radius 1 is 1.28 bits per heavy atom. The van der Waals surface area contributed by atoms with Crippen molar-refractivity contribution in [3.63, 3.8) is 0 Å². The molecule has 1 fully saturated rings. The van der Waals surface area contributed by atoms with Crippen LogP contribution in [0.15, 0.2) is 18.2 Å². The zero-order valence-electron chi connectivity index (χ0n) is 12.0. The minimum atomic E-state index is -0.763. The van der Waals surface area contributed by atoms with Gasteiger partial charge in [-0.3, -0.25) is 0 Å². The molecule has 1 aliphatic rings. The molecule has 0 aromatic heterocycles. The smallest absolute Gasteiger partial charge is 0.104 e. The molecule has 18 heavy (non-hydrogen) atoms. The second-order valence-electron chi connectivity index (χ2n) is 6.03. The first-order valence-electron chi connectivity index (χ1n) is 6.97. The molecule has 2 N–H and O–H groups in total. The molecule has 100 valence electrons. The molecule has 0 aliphatic heterocycles. The summed E-state index contributed by atoms with van der Waals surface area (Å²) >= 11 is 0. The van der Waals surface area contributed by atoms with Crippen molar-refractivity contribution < 1.29 is 5.11 Å². The van der Waals surface area contributed by atoms with Crippen molar-refractivity contribution >= 4 is 0 Å². The minimum Gasteiger partial charge on any atom is -0.384 e. The van der Waals surface area contributed by atoms with E-state index in [4.69, 9.17) is 0 Å². The highest BCUT2D eigenvalue weighted by Gasteiger charge is 2.35. The SMILES string of the molecule is Cc1ccc(C(O)(CNC2CC2)C(C)C)cc1C. The van der Waals surface area contributed by atoms with Gasteiger partial charge >= 0.3 is 0 Å². The van der Waals surface area contributed by atoms with Crippen LogP contribution in [0.4, 0.5) is 0 Å². The third-order valence-electron chi connectivity index (χ3n) is 4.20. The van der Waals surface area contributed by atoms with Crippen molar-refractivity contribution in [2.24, 2.45) is 5.92 Å². The molecule has 2 nitrogen and oxygen atoms in total. The van der Waals surface area contributed by atoms with E-state index in [1.165, 1.54) is 24.0 Å². The first kappa shape index (κ1) is 13.6. The van der Waals surface area contributed by atoms with E-state index in [1.54, 1.807) is 0 Å². The average molecular weight is 247 g/mol. The number of nitrogens with one attached hydrogen (secondary N) is 1. The maximum Gasteiger partial charge on any atom is 0.104 e. The molecule has 2 rings (SSSR count). The zero-order chi connectivity index (χ0) is 13.3. The van der Waals surface area contributed by atoms with Crippen LogP contribution >= 0.6 is 0 Å². The van der Waals surface area contributed by atoms with Gasteiger partial charge in [0.15, 0.2) is 0 Å². The lowest BCUT2D eigenvalue weighted by Crippen LogP contribution is -2.43. The van der Waals surface area contributed by atoms with Crippen LogP contribution in [0.25, 0.3) is 0 Å². The van der Waals surface area contributed by atoms with Gasteiger partial charge in [0, 0.05) is 12.6 Å². The molecule has 1 aliphatic carbocycles. The third kappa shape index (κ3) is 2.76. The van der Waals surface area contributed by atoms with Crippen molar-refractivity contribution in [3.8, 4) is 0 Å². The van der Waals surface area contributed by atoms with E-state index in [1.807, 2.05) is 0 Å². The summed E-state index contributed by atoms with van der Waals surface area (Å²) in [5.41, 5.74) is 2.80. The van der Waals surface area contributed by atoms with Crippen LogP contribution in [0.1, 0.15) is 43.4 Å². The molecule has 0 saturated heterocycles. The molecule has 1 aromatic rings. The largest absolute Gasteiger partial charge is 0.384 e.